The highest BCUT2D eigenvalue weighted by molar-refractivity contribution is 6.02. The first-order valence-electron chi connectivity index (χ1n) is 5.17. The van der Waals surface area contributed by atoms with Crippen LogP contribution in [-0.4, -0.2) is 12.9 Å². The number of rotatable bonds is 1. The smallest absolute Gasteiger partial charge is 0.169 e. The average molecular weight is 207 g/mol. The lowest BCUT2D eigenvalue weighted by molar-refractivity contribution is -0.297. The summed E-state index contributed by atoms with van der Waals surface area (Å²) in [6, 6.07) is 0. The number of carbonyl (C=O) groups is 1. The van der Waals surface area contributed by atoms with E-state index in [-0.39, 0.29) is 22.9 Å². The standard InChI is InChI=1S/C12H16O3/c1-12(2)5-4-7-8(13)6-9(15-3)10(12)11(7)14/h6,10,13H,4-5H2,1-3H3/p-1/t10-/m1/s1. The van der Waals surface area contributed by atoms with Crippen LogP contribution in [0.15, 0.2) is 23.2 Å². The number of fused-ring (bicyclic) bond motifs is 2. The van der Waals surface area contributed by atoms with Gasteiger partial charge >= 0.3 is 0 Å². The maximum atomic E-state index is 12.0. The maximum absolute atomic E-state index is 12.0. The van der Waals surface area contributed by atoms with E-state index < -0.39 is 0 Å². The number of allylic oxidation sites excluding steroid dienone is 3. The molecule has 1 fully saturated rings. The normalized spacial score (nSPS) is 28.9. The molecule has 0 saturated heterocycles. The Kier molecular flexibility index (Phi) is 2.14. The van der Waals surface area contributed by atoms with Gasteiger partial charge in [-0.15, -0.1) is 0 Å². The number of carbonyl (C=O) groups excluding carboxylic acids is 1. The minimum atomic E-state index is -0.260. The van der Waals surface area contributed by atoms with E-state index in [0.29, 0.717) is 17.8 Å². The van der Waals surface area contributed by atoms with Crippen LogP contribution in [0.4, 0.5) is 0 Å². The Bertz CT molecular complexity index is 374. The van der Waals surface area contributed by atoms with E-state index in [9.17, 15) is 9.90 Å². The fraction of sp³-hybridized carbons (Fsp3) is 0.583. The van der Waals surface area contributed by atoms with Gasteiger partial charge in [0.2, 0.25) is 0 Å². The SMILES string of the molecule is COC1=CC([O-])=C2CCC(C)(C)[C@H]1C2=O. The Labute approximate surface area is 89.4 Å². The monoisotopic (exact) mass is 207 g/mol. The van der Waals surface area contributed by atoms with Crippen molar-refractivity contribution >= 4 is 5.78 Å². The van der Waals surface area contributed by atoms with E-state index in [0.717, 1.165) is 6.42 Å². The van der Waals surface area contributed by atoms with Crippen molar-refractivity contribution in [2.75, 3.05) is 7.11 Å². The Morgan fingerprint density at radius 2 is 2.20 bits per heavy atom. The molecule has 0 unspecified atom stereocenters. The molecule has 1 saturated carbocycles. The van der Waals surface area contributed by atoms with Crippen molar-refractivity contribution in [3.05, 3.63) is 23.2 Å². The molecule has 0 aromatic rings. The maximum Gasteiger partial charge on any atom is 0.169 e. The zero-order valence-corrected chi connectivity index (χ0v) is 9.29. The molecule has 0 N–H and O–H groups in total. The van der Waals surface area contributed by atoms with Crippen molar-refractivity contribution in [2.24, 2.45) is 11.3 Å². The van der Waals surface area contributed by atoms with Crippen molar-refractivity contribution in [3.63, 3.8) is 0 Å². The molecule has 3 nitrogen and oxygen atoms in total. The fourth-order valence-electron chi connectivity index (χ4n) is 2.48. The van der Waals surface area contributed by atoms with Gasteiger partial charge in [0.05, 0.1) is 13.0 Å². The molecule has 2 bridgehead atoms. The van der Waals surface area contributed by atoms with Crippen molar-refractivity contribution in [1.82, 2.24) is 0 Å². The first kappa shape index (κ1) is 10.3. The molecule has 0 heterocycles. The number of methoxy groups -OCH3 is 1. The molecule has 2 aliphatic carbocycles. The van der Waals surface area contributed by atoms with Crippen LogP contribution in [0, 0.1) is 11.3 Å². The van der Waals surface area contributed by atoms with Gasteiger partial charge in [0.1, 0.15) is 5.76 Å². The molecule has 15 heavy (non-hydrogen) atoms. The van der Waals surface area contributed by atoms with Gasteiger partial charge in [-0.2, -0.15) is 0 Å². The van der Waals surface area contributed by atoms with Crippen molar-refractivity contribution < 1.29 is 14.6 Å². The second-order valence-electron chi connectivity index (χ2n) is 4.88. The molecule has 0 spiro atoms. The average Bonchev–Trinajstić information content (AvgIpc) is 2.13. The quantitative estimate of drug-likeness (QED) is 0.648. The van der Waals surface area contributed by atoms with Gasteiger partial charge in [-0.05, 0) is 29.9 Å². The molecule has 0 aromatic heterocycles. The van der Waals surface area contributed by atoms with Gasteiger partial charge in [-0.25, -0.2) is 0 Å². The largest absolute Gasteiger partial charge is 0.872 e. The lowest BCUT2D eigenvalue weighted by Crippen LogP contribution is -2.41. The summed E-state index contributed by atoms with van der Waals surface area (Å²) >= 11 is 0. The highest BCUT2D eigenvalue weighted by atomic mass is 16.5. The fourth-order valence-corrected chi connectivity index (χ4v) is 2.48. The zero-order chi connectivity index (χ0) is 11.2. The minimum absolute atomic E-state index is 0.0319. The van der Waals surface area contributed by atoms with Crippen LogP contribution in [0.2, 0.25) is 0 Å². The molecule has 2 aliphatic rings. The molecule has 3 heteroatoms. The second-order valence-corrected chi connectivity index (χ2v) is 4.88. The molecule has 0 aromatic carbocycles. The number of hydrogen-bond donors (Lipinski definition) is 0. The van der Waals surface area contributed by atoms with Crippen LogP contribution in [0.5, 0.6) is 0 Å². The van der Waals surface area contributed by atoms with Gasteiger partial charge in [0.25, 0.3) is 0 Å². The topological polar surface area (TPSA) is 49.4 Å². The number of ether oxygens (including phenoxy) is 1. The number of ketones is 1. The Morgan fingerprint density at radius 3 is 2.80 bits per heavy atom. The van der Waals surface area contributed by atoms with E-state index >= 15 is 0 Å². The molecule has 82 valence electrons. The van der Waals surface area contributed by atoms with Crippen molar-refractivity contribution in [1.29, 1.82) is 0 Å². The van der Waals surface area contributed by atoms with Gasteiger partial charge < -0.3 is 9.84 Å². The first-order valence-corrected chi connectivity index (χ1v) is 5.17. The van der Waals surface area contributed by atoms with E-state index in [1.54, 1.807) is 0 Å². The summed E-state index contributed by atoms with van der Waals surface area (Å²) in [7, 11) is 1.52. The summed E-state index contributed by atoms with van der Waals surface area (Å²) in [5, 5.41) is 11.6. The van der Waals surface area contributed by atoms with Crippen LogP contribution >= 0.6 is 0 Å². The summed E-state index contributed by atoms with van der Waals surface area (Å²) < 4.78 is 5.16. The number of Topliss-reactive ketones (excluding diaryl/α,β-unsaturated/α-hetero) is 1. The molecule has 2 rings (SSSR count). The van der Waals surface area contributed by atoms with E-state index in [1.165, 1.54) is 13.2 Å². The van der Waals surface area contributed by atoms with Crippen LogP contribution in [-0.2, 0) is 9.53 Å². The predicted octanol–water partition coefficient (Wildman–Crippen LogP) is 1.15. The summed E-state index contributed by atoms with van der Waals surface area (Å²) in [6.45, 7) is 4.10. The molecule has 1 atom stereocenters. The van der Waals surface area contributed by atoms with Crippen molar-refractivity contribution in [2.45, 2.75) is 26.7 Å². The van der Waals surface area contributed by atoms with Crippen LogP contribution < -0.4 is 5.11 Å². The van der Waals surface area contributed by atoms with Gasteiger partial charge in [0.15, 0.2) is 5.78 Å². The summed E-state index contributed by atoms with van der Waals surface area (Å²) in [5.74, 6) is 0.0709. The second kappa shape index (κ2) is 3.12. The predicted molar refractivity (Wildman–Crippen MR) is 53.6 cm³/mol. The lowest BCUT2D eigenvalue weighted by atomic mass is 9.64. The minimum Gasteiger partial charge on any atom is -0.872 e. The van der Waals surface area contributed by atoms with Crippen molar-refractivity contribution in [3.8, 4) is 0 Å². The van der Waals surface area contributed by atoms with Gasteiger partial charge in [-0.1, -0.05) is 19.6 Å². The highest BCUT2D eigenvalue weighted by Crippen LogP contribution is 2.47. The van der Waals surface area contributed by atoms with E-state index in [4.69, 9.17) is 4.74 Å². The van der Waals surface area contributed by atoms with Crippen LogP contribution in [0.1, 0.15) is 26.7 Å². The molecule has 0 amide bonds. The Hall–Kier alpha value is -1.25. The summed E-state index contributed by atoms with van der Waals surface area (Å²) in [5.41, 5.74) is 0.350. The van der Waals surface area contributed by atoms with E-state index in [2.05, 4.69) is 13.8 Å². The summed E-state index contributed by atoms with van der Waals surface area (Å²) in [6.07, 6.45) is 2.95. The Balaban J connectivity index is 2.52. The van der Waals surface area contributed by atoms with Crippen LogP contribution in [0.3, 0.4) is 0 Å². The lowest BCUT2D eigenvalue weighted by Gasteiger charge is -2.42. The van der Waals surface area contributed by atoms with Gasteiger partial charge in [0, 0.05) is 0 Å². The molecule has 0 aliphatic heterocycles. The third-order valence-corrected chi connectivity index (χ3v) is 3.45. The third kappa shape index (κ3) is 1.37. The van der Waals surface area contributed by atoms with Crippen LogP contribution in [0.25, 0.3) is 0 Å². The number of hydrogen-bond acceptors (Lipinski definition) is 3. The third-order valence-electron chi connectivity index (χ3n) is 3.45. The van der Waals surface area contributed by atoms with E-state index in [1.807, 2.05) is 0 Å². The first-order chi connectivity index (χ1) is 6.97. The molecular formula is C12H15O3-. The summed E-state index contributed by atoms with van der Waals surface area (Å²) in [4.78, 5) is 12.0. The highest BCUT2D eigenvalue weighted by Gasteiger charge is 2.45. The van der Waals surface area contributed by atoms with Gasteiger partial charge in [-0.3, -0.25) is 4.79 Å². The zero-order valence-electron chi connectivity index (χ0n) is 9.29. The molecular weight excluding hydrogens is 192 g/mol. The molecule has 0 radical (unpaired) electrons. The Morgan fingerprint density at radius 1 is 1.53 bits per heavy atom.